The number of carboxylic acid groups (broad SMARTS) is 1. The standard InChI is InChI=1S/C16H20N2O3/c19-11-4-5-12-13(8-11)18-14(17-12)9-16(10-15(20)21)6-2-1-3-7-16/h4-5,8,19H,1-3,6-7,9-10H2,(H,17,18)(H,20,21). The summed E-state index contributed by atoms with van der Waals surface area (Å²) in [4.78, 5) is 19.0. The average Bonchev–Trinajstić information content (AvgIpc) is 2.79. The lowest BCUT2D eigenvalue weighted by Gasteiger charge is -2.35. The molecule has 21 heavy (non-hydrogen) atoms. The first kappa shape index (κ1) is 13.9. The van der Waals surface area contributed by atoms with E-state index in [1.165, 1.54) is 6.42 Å². The maximum absolute atomic E-state index is 11.2. The maximum atomic E-state index is 11.2. The van der Waals surface area contributed by atoms with Gasteiger partial charge >= 0.3 is 5.97 Å². The molecule has 3 N–H and O–H groups in total. The van der Waals surface area contributed by atoms with Gasteiger partial charge in [-0.3, -0.25) is 4.79 Å². The third kappa shape index (κ3) is 3.01. The monoisotopic (exact) mass is 288 g/mol. The van der Waals surface area contributed by atoms with Gasteiger partial charge in [0.2, 0.25) is 0 Å². The number of benzene rings is 1. The molecule has 0 saturated heterocycles. The van der Waals surface area contributed by atoms with Crippen LogP contribution in [0.1, 0.15) is 44.3 Å². The molecule has 0 radical (unpaired) electrons. The second-order valence-electron chi connectivity index (χ2n) is 6.19. The van der Waals surface area contributed by atoms with Gasteiger partial charge in [-0.25, -0.2) is 4.98 Å². The summed E-state index contributed by atoms with van der Waals surface area (Å²) >= 11 is 0. The Hall–Kier alpha value is -2.04. The van der Waals surface area contributed by atoms with E-state index in [1.807, 2.05) is 0 Å². The van der Waals surface area contributed by atoms with Crippen LogP contribution in [0.25, 0.3) is 11.0 Å². The van der Waals surface area contributed by atoms with E-state index in [4.69, 9.17) is 0 Å². The van der Waals surface area contributed by atoms with Crippen molar-refractivity contribution in [3.8, 4) is 5.75 Å². The minimum atomic E-state index is -0.731. The highest BCUT2D eigenvalue weighted by atomic mass is 16.4. The van der Waals surface area contributed by atoms with Gasteiger partial charge in [-0.1, -0.05) is 19.3 Å². The Morgan fingerprint density at radius 1 is 1.29 bits per heavy atom. The lowest BCUT2D eigenvalue weighted by Crippen LogP contribution is -2.30. The van der Waals surface area contributed by atoms with Crippen molar-refractivity contribution < 1.29 is 15.0 Å². The highest BCUT2D eigenvalue weighted by Gasteiger charge is 2.35. The number of imidazole rings is 1. The number of carbonyl (C=O) groups is 1. The van der Waals surface area contributed by atoms with Crippen LogP contribution in [0.5, 0.6) is 5.75 Å². The number of carboxylic acids is 1. The molecule has 2 aromatic rings. The van der Waals surface area contributed by atoms with E-state index in [9.17, 15) is 15.0 Å². The van der Waals surface area contributed by atoms with E-state index in [2.05, 4.69) is 9.97 Å². The minimum Gasteiger partial charge on any atom is -0.508 e. The van der Waals surface area contributed by atoms with Gasteiger partial charge in [0.25, 0.3) is 0 Å². The normalized spacial score (nSPS) is 17.9. The molecule has 1 aliphatic rings. The number of phenolic OH excluding ortho intramolecular Hbond substituents is 1. The lowest BCUT2D eigenvalue weighted by atomic mass is 9.69. The number of hydrogen-bond acceptors (Lipinski definition) is 3. The molecule has 0 atom stereocenters. The molecule has 1 heterocycles. The van der Waals surface area contributed by atoms with Gasteiger partial charge in [0.05, 0.1) is 17.5 Å². The summed E-state index contributed by atoms with van der Waals surface area (Å²) in [5.74, 6) is 0.292. The van der Waals surface area contributed by atoms with Gasteiger partial charge in [-0.05, 0) is 30.4 Å². The molecule has 1 aromatic carbocycles. The van der Waals surface area contributed by atoms with Crippen LogP contribution in [0.15, 0.2) is 18.2 Å². The molecule has 1 aliphatic carbocycles. The third-order valence-electron chi connectivity index (χ3n) is 4.50. The largest absolute Gasteiger partial charge is 0.508 e. The molecule has 5 nitrogen and oxygen atoms in total. The molecule has 0 spiro atoms. The smallest absolute Gasteiger partial charge is 0.303 e. The third-order valence-corrected chi connectivity index (χ3v) is 4.50. The SMILES string of the molecule is O=C(O)CC1(Cc2nc3ccc(O)cc3[nH]2)CCCCC1. The summed E-state index contributed by atoms with van der Waals surface area (Å²) in [6, 6.07) is 5.03. The molecule has 0 amide bonds. The fraction of sp³-hybridized carbons (Fsp3) is 0.500. The number of nitrogens with zero attached hydrogens (tertiary/aromatic N) is 1. The first-order chi connectivity index (χ1) is 10.1. The van der Waals surface area contributed by atoms with Gasteiger partial charge < -0.3 is 15.2 Å². The van der Waals surface area contributed by atoms with E-state index >= 15 is 0 Å². The predicted octanol–water partition coefficient (Wildman–Crippen LogP) is 3.24. The minimum absolute atomic E-state index is 0.181. The predicted molar refractivity (Wildman–Crippen MR) is 79.2 cm³/mol. The summed E-state index contributed by atoms with van der Waals surface area (Å²) < 4.78 is 0. The molecular weight excluding hydrogens is 268 g/mol. The van der Waals surface area contributed by atoms with E-state index < -0.39 is 5.97 Å². The number of rotatable bonds is 4. The first-order valence-electron chi connectivity index (χ1n) is 7.46. The number of aromatic amines is 1. The van der Waals surface area contributed by atoms with Crippen LogP contribution < -0.4 is 0 Å². The summed E-state index contributed by atoms with van der Waals surface area (Å²) in [6.45, 7) is 0. The van der Waals surface area contributed by atoms with Crippen molar-refractivity contribution >= 4 is 17.0 Å². The molecule has 5 heteroatoms. The quantitative estimate of drug-likeness (QED) is 0.806. The zero-order chi connectivity index (χ0) is 14.9. The Labute approximate surface area is 123 Å². The van der Waals surface area contributed by atoms with E-state index in [0.717, 1.165) is 42.5 Å². The molecule has 1 aromatic heterocycles. The second kappa shape index (κ2) is 5.39. The van der Waals surface area contributed by atoms with E-state index in [-0.39, 0.29) is 17.6 Å². The molecule has 1 saturated carbocycles. The molecule has 112 valence electrons. The van der Waals surface area contributed by atoms with E-state index in [0.29, 0.717) is 6.42 Å². The lowest BCUT2D eigenvalue weighted by molar-refractivity contribution is -0.140. The van der Waals surface area contributed by atoms with Gasteiger partial charge in [0.1, 0.15) is 11.6 Å². The number of aromatic nitrogens is 2. The Morgan fingerprint density at radius 2 is 2.05 bits per heavy atom. The van der Waals surface area contributed by atoms with Crippen LogP contribution in [0.2, 0.25) is 0 Å². The Morgan fingerprint density at radius 3 is 2.76 bits per heavy atom. The van der Waals surface area contributed by atoms with Crippen molar-refractivity contribution in [2.24, 2.45) is 5.41 Å². The topological polar surface area (TPSA) is 86.2 Å². The molecule has 0 aliphatic heterocycles. The Kier molecular flexibility index (Phi) is 3.57. The van der Waals surface area contributed by atoms with Gasteiger partial charge in [0, 0.05) is 12.5 Å². The first-order valence-corrected chi connectivity index (χ1v) is 7.46. The number of fused-ring (bicyclic) bond motifs is 1. The zero-order valence-electron chi connectivity index (χ0n) is 11.9. The van der Waals surface area contributed by atoms with Crippen LogP contribution in [-0.2, 0) is 11.2 Å². The van der Waals surface area contributed by atoms with Gasteiger partial charge in [-0.2, -0.15) is 0 Å². The van der Waals surface area contributed by atoms with Crippen molar-refractivity contribution in [3.63, 3.8) is 0 Å². The van der Waals surface area contributed by atoms with Crippen LogP contribution in [-0.4, -0.2) is 26.2 Å². The number of hydrogen-bond donors (Lipinski definition) is 3. The number of aliphatic carboxylic acids is 1. The average molecular weight is 288 g/mol. The Bertz CT molecular complexity index is 657. The van der Waals surface area contributed by atoms with Crippen molar-refractivity contribution in [1.82, 2.24) is 9.97 Å². The molecule has 1 fully saturated rings. The highest BCUT2D eigenvalue weighted by molar-refractivity contribution is 5.76. The molecule has 3 rings (SSSR count). The fourth-order valence-corrected chi connectivity index (χ4v) is 3.53. The number of phenols is 1. The van der Waals surface area contributed by atoms with Crippen LogP contribution >= 0.6 is 0 Å². The molecule has 0 unspecified atom stereocenters. The summed E-state index contributed by atoms with van der Waals surface area (Å²) in [5, 5.41) is 18.7. The maximum Gasteiger partial charge on any atom is 0.303 e. The van der Waals surface area contributed by atoms with Crippen LogP contribution in [0, 0.1) is 5.41 Å². The zero-order valence-corrected chi connectivity index (χ0v) is 11.9. The number of H-pyrrole nitrogens is 1. The van der Waals surface area contributed by atoms with Gasteiger partial charge in [0.15, 0.2) is 0 Å². The number of aromatic hydroxyl groups is 1. The second-order valence-corrected chi connectivity index (χ2v) is 6.19. The van der Waals surface area contributed by atoms with Crippen molar-refractivity contribution in [2.45, 2.75) is 44.9 Å². The van der Waals surface area contributed by atoms with Crippen molar-refractivity contribution in [1.29, 1.82) is 0 Å². The number of nitrogens with one attached hydrogen (secondary N) is 1. The summed E-state index contributed by atoms with van der Waals surface area (Å²) in [5.41, 5.74) is 1.43. The van der Waals surface area contributed by atoms with Crippen molar-refractivity contribution in [2.75, 3.05) is 0 Å². The fourth-order valence-electron chi connectivity index (χ4n) is 3.53. The van der Waals surface area contributed by atoms with Gasteiger partial charge in [-0.15, -0.1) is 0 Å². The highest BCUT2D eigenvalue weighted by Crippen LogP contribution is 2.42. The Balaban J connectivity index is 1.88. The van der Waals surface area contributed by atoms with Crippen LogP contribution in [0.3, 0.4) is 0 Å². The molecule has 0 bridgehead atoms. The van der Waals surface area contributed by atoms with Crippen molar-refractivity contribution in [3.05, 3.63) is 24.0 Å². The molecular formula is C16H20N2O3. The van der Waals surface area contributed by atoms with E-state index in [1.54, 1.807) is 18.2 Å². The van der Waals surface area contributed by atoms with Crippen LogP contribution in [0.4, 0.5) is 0 Å². The summed E-state index contributed by atoms with van der Waals surface area (Å²) in [6.07, 6.45) is 6.13. The summed E-state index contributed by atoms with van der Waals surface area (Å²) in [7, 11) is 0.